The van der Waals surface area contributed by atoms with Crippen molar-refractivity contribution < 1.29 is 4.79 Å². The van der Waals surface area contributed by atoms with Crippen LogP contribution < -0.4 is 5.32 Å². The number of aromatic nitrogens is 1. The zero-order valence-corrected chi connectivity index (χ0v) is 11.3. The van der Waals surface area contributed by atoms with Gasteiger partial charge in [-0.1, -0.05) is 22.9 Å². The first-order valence-corrected chi connectivity index (χ1v) is 6.67. The molecule has 0 spiro atoms. The summed E-state index contributed by atoms with van der Waals surface area (Å²) in [5, 5.41) is 3.80. The third kappa shape index (κ3) is 4.75. The lowest BCUT2D eigenvalue weighted by Crippen LogP contribution is -2.23. The Morgan fingerprint density at radius 1 is 1.73 bits per heavy atom. The van der Waals surface area contributed by atoms with Crippen LogP contribution in [0.5, 0.6) is 0 Å². The van der Waals surface area contributed by atoms with Gasteiger partial charge in [0.25, 0.3) is 5.91 Å². The van der Waals surface area contributed by atoms with Crippen LogP contribution >= 0.6 is 27.3 Å². The highest BCUT2D eigenvalue weighted by Crippen LogP contribution is 2.11. The van der Waals surface area contributed by atoms with E-state index in [9.17, 15) is 4.79 Å². The predicted octanol–water partition coefficient (Wildman–Crippen LogP) is 2.74. The molecule has 1 unspecified atom stereocenters. The van der Waals surface area contributed by atoms with Crippen LogP contribution in [0.15, 0.2) is 6.20 Å². The molecule has 1 aromatic rings. The molecule has 0 saturated heterocycles. The molecule has 1 heterocycles. The molecular formula is C10H15BrN2OS. The third-order valence-electron chi connectivity index (χ3n) is 1.91. The van der Waals surface area contributed by atoms with E-state index in [1.807, 2.05) is 6.92 Å². The first-order valence-electron chi connectivity index (χ1n) is 4.94. The van der Waals surface area contributed by atoms with Crippen molar-refractivity contribution in [3.63, 3.8) is 0 Å². The van der Waals surface area contributed by atoms with Gasteiger partial charge < -0.3 is 5.32 Å². The highest BCUT2D eigenvalue weighted by atomic mass is 79.9. The molecule has 0 aromatic carbocycles. The minimum atomic E-state index is -0.0113. The summed E-state index contributed by atoms with van der Waals surface area (Å²) in [5.41, 5.74) is 0. The van der Waals surface area contributed by atoms with Crippen molar-refractivity contribution in [2.45, 2.75) is 31.5 Å². The van der Waals surface area contributed by atoms with E-state index in [4.69, 9.17) is 0 Å². The predicted molar refractivity (Wildman–Crippen MR) is 66.8 cm³/mol. The lowest BCUT2D eigenvalue weighted by molar-refractivity contribution is 0.0957. The Morgan fingerprint density at radius 3 is 3.00 bits per heavy atom. The topological polar surface area (TPSA) is 42.0 Å². The van der Waals surface area contributed by atoms with Gasteiger partial charge in [-0.15, -0.1) is 11.3 Å². The standard InChI is InChI=1S/C10H15BrN2OS/c1-7(11)4-3-5-12-10(14)9-6-13-8(2)15-9/h6-7H,3-5H2,1-2H3,(H,12,14). The molecule has 0 radical (unpaired) electrons. The summed E-state index contributed by atoms with van der Waals surface area (Å²) in [6, 6.07) is 0. The van der Waals surface area contributed by atoms with Crippen LogP contribution in [0.3, 0.4) is 0 Å². The second-order valence-electron chi connectivity index (χ2n) is 3.42. The van der Waals surface area contributed by atoms with Gasteiger partial charge in [-0.05, 0) is 19.8 Å². The van der Waals surface area contributed by atoms with Crippen molar-refractivity contribution in [3.8, 4) is 0 Å². The number of rotatable bonds is 5. The van der Waals surface area contributed by atoms with Crippen molar-refractivity contribution in [1.82, 2.24) is 10.3 Å². The Morgan fingerprint density at radius 2 is 2.47 bits per heavy atom. The van der Waals surface area contributed by atoms with E-state index in [0.29, 0.717) is 9.70 Å². The van der Waals surface area contributed by atoms with Gasteiger partial charge in [0.2, 0.25) is 0 Å². The Bertz CT molecular complexity index is 325. The lowest BCUT2D eigenvalue weighted by atomic mass is 10.2. The number of nitrogens with zero attached hydrogens (tertiary/aromatic N) is 1. The van der Waals surface area contributed by atoms with Crippen LogP contribution in [0.4, 0.5) is 0 Å². The summed E-state index contributed by atoms with van der Waals surface area (Å²) in [6.07, 6.45) is 3.69. The van der Waals surface area contributed by atoms with Gasteiger partial charge >= 0.3 is 0 Å². The van der Waals surface area contributed by atoms with E-state index < -0.39 is 0 Å². The van der Waals surface area contributed by atoms with Crippen LogP contribution in [0.25, 0.3) is 0 Å². The van der Waals surface area contributed by atoms with Gasteiger partial charge in [0.05, 0.1) is 11.2 Å². The Labute approximate surface area is 102 Å². The van der Waals surface area contributed by atoms with Crippen molar-refractivity contribution in [3.05, 3.63) is 16.1 Å². The molecule has 1 atom stereocenters. The maximum atomic E-state index is 11.6. The van der Waals surface area contributed by atoms with E-state index in [-0.39, 0.29) is 5.91 Å². The molecule has 0 aliphatic heterocycles. The molecule has 1 aromatic heterocycles. The molecule has 1 N–H and O–H groups in total. The summed E-state index contributed by atoms with van der Waals surface area (Å²) in [6.45, 7) is 4.73. The van der Waals surface area contributed by atoms with Gasteiger partial charge in [-0.2, -0.15) is 0 Å². The Balaban J connectivity index is 2.25. The number of hydrogen-bond acceptors (Lipinski definition) is 3. The summed E-state index contributed by atoms with van der Waals surface area (Å²) in [4.78, 5) is 16.8. The van der Waals surface area contributed by atoms with Crippen molar-refractivity contribution in [1.29, 1.82) is 0 Å². The molecule has 0 aliphatic rings. The number of carbonyl (C=O) groups excluding carboxylic acids is 1. The highest BCUT2D eigenvalue weighted by molar-refractivity contribution is 9.09. The van der Waals surface area contributed by atoms with Gasteiger partial charge in [0.1, 0.15) is 4.88 Å². The number of thiazole rings is 1. The minimum absolute atomic E-state index is 0.0113. The first kappa shape index (κ1) is 12.6. The average Bonchev–Trinajstić information content (AvgIpc) is 2.59. The summed E-state index contributed by atoms with van der Waals surface area (Å²) < 4.78 is 0. The number of carbonyl (C=O) groups is 1. The molecule has 84 valence electrons. The molecule has 0 aliphatic carbocycles. The molecule has 0 bridgehead atoms. The van der Waals surface area contributed by atoms with Crippen LogP contribution in [-0.2, 0) is 0 Å². The number of halogens is 1. The summed E-state index contributed by atoms with van der Waals surface area (Å²) >= 11 is 4.90. The SMILES string of the molecule is Cc1ncc(C(=O)NCCCC(C)Br)s1. The molecular weight excluding hydrogens is 276 g/mol. The van der Waals surface area contributed by atoms with Crippen molar-refractivity contribution in [2.24, 2.45) is 0 Å². The fourth-order valence-corrected chi connectivity index (χ4v) is 2.16. The van der Waals surface area contributed by atoms with Gasteiger partial charge in [0, 0.05) is 11.4 Å². The number of aryl methyl sites for hydroxylation is 1. The highest BCUT2D eigenvalue weighted by Gasteiger charge is 2.07. The molecule has 1 amide bonds. The third-order valence-corrected chi connectivity index (χ3v) is 3.28. The lowest BCUT2D eigenvalue weighted by Gasteiger charge is -2.04. The van der Waals surface area contributed by atoms with Crippen LogP contribution in [0.1, 0.15) is 34.4 Å². The monoisotopic (exact) mass is 290 g/mol. The number of hydrogen-bond donors (Lipinski definition) is 1. The molecule has 0 fully saturated rings. The number of amides is 1. The Kier molecular flexibility index (Phi) is 5.25. The smallest absolute Gasteiger partial charge is 0.263 e. The fourth-order valence-electron chi connectivity index (χ4n) is 1.14. The quantitative estimate of drug-likeness (QED) is 0.669. The molecule has 0 saturated carbocycles. The summed E-state index contributed by atoms with van der Waals surface area (Å²) in [7, 11) is 0. The van der Waals surface area contributed by atoms with E-state index in [1.54, 1.807) is 6.20 Å². The Hall–Kier alpha value is -0.420. The van der Waals surface area contributed by atoms with Gasteiger partial charge in [-0.25, -0.2) is 4.98 Å². The second-order valence-corrected chi connectivity index (χ2v) is 6.22. The van der Waals surface area contributed by atoms with E-state index >= 15 is 0 Å². The largest absolute Gasteiger partial charge is 0.351 e. The van der Waals surface area contributed by atoms with E-state index in [1.165, 1.54) is 11.3 Å². The molecule has 3 nitrogen and oxygen atoms in total. The summed E-state index contributed by atoms with van der Waals surface area (Å²) in [5.74, 6) is -0.0113. The van der Waals surface area contributed by atoms with Gasteiger partial charge in [-0.3, -0.25) is 4.79 Å². The number of nitrogens with one attached hydrogen (secondary N) is 1. The van der Waals surface area contributed by atoms with Crippen LogP contribution in [-0.4, -0.2) is 22.3 Å². The first-order chi connectivity index (χ1) is 7.09. The fraction of sp³-hybridized carbons (Fsp3) is 0.600. The molecule has 15 heavy (non-hydrogen) atoms. The van der Waals surface area contributed by atoms with E-state index in [0.717, 1.165) is 24.4 Å². The van der Waals surface area contributed by atoms with Crippen LogP contribution in [0, 0.1) is 6.92 Å². The average molecular weight is 291 g/mol. The maximum Gasteiger partial charge on any atom is 0.263 e. The minimum Gasteiger partial charge on any atom is -0.351 e. The maximum absolute atomic E-state index is 11.6. The number of alkyl halides is 1. The van der Waals surface area contributed by atoms with Gasteiger partial charge in [0.15, 0.2) is 0 Å². The van der Waals surface area contributed by atoms with Crippen molar-refractivity contribution >= 4 is 33.2 Å². The molecule has 1 rings (SSSR count). The van der Waals surface area contributed by atoms with E-state index in [2.05, 4.69) is 33.2 Å². The normalized spacial score (nSPS) is 12.5. The molecule has 5 heteroatoms. The van der Waals surface area contributed by atoms with Crippen LogP contribution in [0.2, 0.25) is 0 Å². The second kappa shape index (κ2) is 6.23. The zero-order valence-electron chi connectivity index (χ0n) is 8.92. The van der Waals surface area contributed by atoms with Crippen molar-refractivity contribution in [2.75, 3.05) is 6.54 Å². The zero-order chi connectivity index (χ0) is 11.3.